The molecule has 0 saturated heterocycles. The van der Waals surface area contributed by atoms with Crippen LogP contribution >= 0.6 is 0 Å². The Balaban J connectivity index is 1.70. The highest BCUT2D eigenvalue weighted by atomic mass is 19.1. The molecule has 0 bridgehead atoms. The highest BCUT2D eigenvalue weighted by Crippen LogP contribution is 2.26. The molecule has 2 N–H and O–H groups in total. The quantitative estimate of drug-likeness (QED) is 0.672. The zero-order valence-corrected chi connectivity index (χ0v) is 14.5. The lowest BCUT2D eigenvalue weighted by atomic mass is 10.2. The molecule has 2 rings (SSSR count). The van der Waals surface area contributed by atoms with Gasteiger partial charge in [0.25, 0.3) is 11.8 Å². The van der Waals surface area contributed by atoms with Crippen molar-refractivity contribution >= 4 is 11.8 Å². The van der Waals surface area contributed by atoms with E-state index in [0.717, 1.165) is 0 Å². The minimum atomic E-state index is -0.588. The molecule has 2 amide bonds. The molecule has 0 saturated carbocycles. The molecular weight excluding hydrogens is 339 g/mol. The van der Waals surface area contributed by atoms with Crippen molar-refractivity contribution in [3.63, 3.8) is 0 Å². The Hall–Kier alpha value is -3.09. The zero-order chi connectivity index (χ0) is 18.8. The second-order valence-electron chi connectivity index (χ2n) is 5.25. The number of halogens is 1. The van der Waals surface area contributed by atoms with Crippen LogP contribution in [0.2, 0.25) is 0 Å². The Bertz CT molecular complexity index is 752. The van der Waals surface area contributed by atoms with Gasteiger partial charge in [0.2, 0.25) is 0 Å². The van der Waals surface area contributed by atoms with Crippen molar-refractivity contribution in [2.45, 2.75) is 6.92 Å². The normalized spacial score (nSPS) is 10.1. The molecule has 2 aromatic carbocycles. The molecule has 0 atom stereocenters. The molecule has 0 radical (unpaired) electrons. The van der Waals surface area contributed by atoms with E-state index in [4.69, 9.17) is 9.47 Å². The molecule has 7 heteroatoms. The molecule has 0 spiro atoms. The Morgan fingerprint density at radius 3 is 2.23 bits per heavy atom. The van der Waals surface area contributed by atoms with E-state index in [2.05, 4.69) is 10.6 Å². The van der Waals surface area contributed by atoms with E-state index in [1.807, 2.05) is 13.0 Å². The molecular formula is C19H21FN2O4. The van der Waals surface area contributed by atoms with Crippen molar-refractivity contribution in [3.8, 4) is 11.5 Å². The average Bonchev–Trinajstić information content (AvgIpc) is 2.65. The summed E-state index contributed by atoms with van der Waals surface area (Å²) in [7, 11) is 0. The van der Waals surface area contributed by atoms with Gasteiger partial charge < -0.3 is 20.1 Å². The number of para-hydroxylation sites is 2. The standard InChI is InChI=1S/C19H21FN2O4/c1-2-25-16-9-5-6-10-17(16)26-13-18(23)21-11-12-22-19(24)14-7-3-4-8-15(14)20/h3-10H,2,11-13H2,1H3,(H,21,23)(H,22,24). The third-order valence-electron chi connectivity index (χ3n) is 3.36. The largest absolute Gasteiger partial charge is 0.490 e. The first-order chi connectivity index (χ1) is 12.6. The van der Waals surface area contributed by atoms with Gasteiger partial charge in [-0.1, -0.05) is 24.3 Å². The monoisotopic (exact) mass is 360 g/mol. The number of rotatable bonds is 9. The van der Waals surface area contributed by atoms with Crippen LogP contribution in [0.4, 0.5) is 4.39 Å². The van der Waals surface area contributed by atoms with Crippen molar-refractivity contribution in [2.24, 2.45) is 0 Å². The second kappa shape index (κ2) is 10.0. The summed E-state index contributed by atoms with van der Waals surface area (Å²) < 4.78 is 24.3. The van der Waals surface area contributed by atoms with Crippen LogP contribution in [0.15, 0.2) is 48.5 Å². The van der Waals surface area contributed by atoms with E-state index in [0.29, 0.717) is 18.1 Å². The van der Waals surface area contributed by atoms with Crippen molar-refractivity contribution in [2.75, 3.05) is 26.3 Å². The maximum Gasteiger partial charge on any atom is 0.258 e. The summed E-state index contributed by atoms with van der Waals surface area (Å²) in [5.74, 6) is -0.400. The Morgan fingerprint density at radius 2 is 1.54 bits per heavy atom. The van der Waals surface area contributed by atoms with E-state index >= 15 is 0 Å². The van der Waals surface area contributed by atoms with Gasteiger partial charge >= 0.3 is 0 Å². The lowest BCUT2D eigenvalue weighted by molar-refractivity contribution is -0.123. The van der Waals surface area contributed by atoms with Crippen LogP contribution in [-0.2, 0) is 4.79 Å². The van der Waals surface area contributed by atoms with Gasteiger partial charge in [-0.15, -0.1) is 0 Å². The van der Waals surface area contributed by atoms with Gasteiger partial charge in [0, 0.05) is 13.1 Å². The summed E-state index contributed by atoms with van der Waals surface area (Å²) in [5.41, 5.74) is -0.0327. The molecule has 138 valence electrons. The summed E-state index contributed by atoms with van der Waals surface area (Å²) in [6, 6.07) is 12.8. The van der Waals surface area contributed by atoms with Gasteiger partial charge in [-0.3, -0.25) is 9.59 Å². The summed E-state index contributed by atoms with van der Waals surface area (Å²) in [6.45, 7) is 2.56. The van der Waals surface area contributed by atoms with Gasteiger partial charge in [-0.25, -0.2) is 4.39 Å². The number of hydrogen-bond acceptors (Lipinski definition) is 4. The third kappa shape index (κ3) is 5.77. The van der Waals surface area contributed by atoms with Gasteiger partial charge in [0.15, 0.2) is 18.1 Å². The van der Waals surface area contributed by atoms with Crippen LogP contribution in [0.1, 0.15) is 17.3 Å². The van der Waals surface area contributed by atoms with E-state index in [1.54, 1.807) is 24.3 Å². The zero-order valence-electron chi connectivity index (χ0n) is 14.5. The highest BCUT2D eigenvalue weighted by Gasteiger charge is 2.10. The summed E-state index contributed by atoms with van der Waals surface area (Å²) in [5, 5.41) is 5.15. The van der Waals surface area contributed by atoms with E-state index in [-0.39, 0.29) is 31.2 Å². The molecule has 0 aliphatic carbocycles. The molecule has 0 heterocycles. The number of ether oxygens (including phenoxy) is 2. The van der Waals surface area contributed by atoms with E-state index < -0.39 is 11.7 Å². The average molecular weight is 360 g/mol. The van der Waals surface area contributed by atoms with Crippen LogP contribution in [0.3, 0.4) is 0 Å². The molecule has 0 fully saturated rings. The summed E-state index contributed by atoms with van der Waals surface area (Å²) in [4.78, 5) is 23.6. The second-order valence-corrected chi connectivity index (χ2v) is 5.25. The maximum atomic E-state index is 13.5. The number of benzene rings is 2. The van der Waals surface area contributed by atoms with Gasteiger partial charge in [0.05, 0.1) is 12.2 Å². The lowest BCUT2D eigenvalue weighted by Crippen LogP contribution is -2.37. The number of carbonyl (C=O) groups excluding carboxylic acids is 2. The first-order valence-electron chi connectivity index (χ1n) is 8.26. The maximum absolute atomic E-state index is 13.5. The Morgan fingerprint density at radius 1 is 0.923 bits per heavy atom. The van der Waals surface area contributed by atoms with Gasteiger partial charge in [-0.2, -0.15) is 0 Å². The molecule has 0 aliphatic heterocycles. The number of nitrogens with one attached hydrogen (secondary N) is 2. The fraction of sp³-hybridized carbons (Fsp3) is 0.263. The van der Waals surface area contributed by atoms with Crippen LogP contribution in [0.5, 0.6) is 11.5 Å². The number of amides is 2. The molecule has 26 heavy (non-hydrogen) atoms. The molecule has 0 unspecified atom stereocenters. The smallest absolute Gasteiger partial charge is 0.258 e. The van der Waals surface area contributed by atoms with E-state index in [1.165, 1.54) is 18.2 Å². The Kier molecular flexibility index (Phi) is 7.42. The van der Waals surface area contributed by atoms with Crippen LogP contribution in [0, 0.1) is 5.82 Å². The molecule has 0 aliphatic rings. The predicted molar refractivity (Wildman–Crippen MR) is 94.8 cm³/mol. The fourth-order valence-corrected chi connectivity index (χ4v) is 2.16. The fourth-order valence-electron chi connectivity index (χ4n) is 2.16. The van der Waals surface area contributed by atoms with Gasteiger partial charge in [0.1, 0.15) is 5.82 Å². The summed E-state index contributed by atoms with van der Waals surface area (Å²) >= 11 is 0. The van der Waals surface area contributed by atoms with Crippen molar-refractivity contribution in [1.29, 1.82) is 0 Å². The van der Waals surface area contributed by atoms with Crippen LogP contribution < -0.4 is 20.1 Å². The van der Waals surface area contributed by atoms with Crippen LogP contribution in [-0.4, -0.2) is 38.1 Å². The molecule has 6 nitrogen and oxygen atoms in total. The minimum Gasteiger partial charge on any atom is -0.490 e. The Labute approximate surface area is 151 Å². The van der Waals surface area contributed by atoms with E-state index in [9.17, 15) is 14.0 Å². The lowest BCUT2D eigenvalue weighted by Gasteiger charge is -2.12. The minimum absolute atomic E-state index is 0.0327. The molecule has 0 aromatic heterocycles. The first kappa shape index (κ1) is 19.2. The summed E-state index contributed by atoms with van der Waals surface area (Å²) in [6.07, 6.45) is 0. The predicted octanol–water partition coefficient (Wildman–Crippen LogP) is 2.15. The number of hydrogen-bond donors (Lipinski definition) is 2. The first-order valence-corrected chi connectivity index (χ1v) is 8.26. The van der Waals surface area contributed by atoms with Crippen molar-refractivity contribution in [1.82, 2.24) is 10.6 Å². The third-order valence-corrected chi connectivity index (χ3v) is 3.36. The number of carbonyl (C=O) groups is 2. The van der Waals surface area contributed by atoms with Crippen LogP contribution in [0.25, 0.3) is 0 Å². The van der Waals surface area contributed by atoms with Crippen molar-refractivity contribution < 1.29 is 23.5 Å². The van der Waals surface area contributed by atoms with Gasteiger partial charge in [-0.05, 0) is 31.2 Å². The topological polar surface area (TPSA) is 76.7 Å². The molecule has 2 aromatic rings. The highest BCUT2D eigenvalue weighted by molar-refractivity contribution is 5.94. The SMILES string of the molecule is CCOc1ccccc1OCC(=O)NCCNC(=O)c1ccccc1F. The van der Waals surface area contributed by atoms with Crippen molar-refractivity contribution in [3.05, 3.63) is 59.9 Å².